The molecule has 1 aliphatic heterocycles. The van der Waals surface area contributed by atoms with E-state index in [1.807, 2.05) is 13.0 Å². The second kappa shape index (κ2) is 9.18. The van der Waals surface area contributed by atoms with Gasteiger partial charge in [0.05, 0.1) is 43.2 Å². The fourth-order valence-electron chi connectivity index (χ4n) is 5.62. The lowest BCUT2D eigenvalue weighted by molar-refractivity contribution is -0.197. The monoisotopic (exact) mass is 509 g/mol. The molecule has 9 heteroatoms. The Labute approximate surface area is 213 Å². The van der Waals surface area contributed by atoms with Gasteiger partial charge in [0.1, 0.15) is 35.0 Å². The molecule has 0 spiro atoms. The summed E-state index contributed by atoms with van der Waals surface area (Å²) in [5.74, 6) is 0.759. The van der Waals surface area contributed by atoms with Crippen molar-refractivity contribution < 1.29 is 33.9 Å². The van der Waals surface area contributed by atoms with Crippen molar-refractivity contribution in [2.45, 2.75) is 44.3 Å². The summed E-state index contributed by atoms with van der Waals surface area (Å²) in [6.07, 6.45) is -3.55. The number of nitrogens with zero attached hydrogens (tertiary/aromatic N) is 1. The van der Waals surface area contributed by atoms with Gasteiger partial charge < -0.3 is 38.8 Å². The lowest BCUT2D eigenvalue weighted by Crippen LogP contribution is -2.58. The van der Waals surface area contributed by atoms with E-state index in [9.17, 15) is 20.1 Å². The number of likely N-dealkylation sites (N-methyl/N-ethyl adjacent to an activating group) is 1. The van der Waals surface area contributed by atoms with Crippen LogP contribution in [0.1, 0.15) is 24.2 Å². The average molecular weight is 510 g/mol. The van der Waals surface area contributed by atoms with Crippen molar-refractivity contribution in [2.75, 3.05) is 28.3 Å². The van der Waals surface area contributed by atoms with Crippen LogP contribution in [0.2, 0.25) is 0 Å². The van der Waals surface area contributed by atoms with Crippen LogP contribution in [-0.4, -0.2) is 72.9 Å². The number of methoxy groups -OCH3 is 2. The van der Waals surface area contributed by atoms with E-state index >= 15 is 0 Å². The molecular weight excluding hydrogens is 478 g/mol. The van der Waals surface area contributed by atoms with Crippen LogP contribution >= 0.6 is 0 Å². The number of aryl methyl sites for hydroxylation is 1. The molecule has 0 radical (unpaired) electrons. The maximum Gasteiger partial charge on any atom is 0.344 e. The number of phenols is 1. The summed E-state index contributed by atoms with van der Waals surface area (Å²) in [5, 5.41) is 35.2. The van der Waals surface area contributed by atoms with E-state index in [0.717, 1.165) is 5.56 Å². The highest BCUT2D eigenvalue weighted by Gasteiger charge is 2.45. The topological polar surface area (TPSA) is 122 Å². The Kier molecular flexibility index (Phi) is 6.27. The van der Waals surface area contributed by atoms with Crippen LogP contribution in [0, 0.1) is 6.92 Å². The maximum absolute atomic E-state index is 13.2. The van der Waals surface area contributed by atoms with Gasteiger partial charge in [0.25, 0.3) is 0 Å². The first-order valence-corrected chi connectivity index (χ1v) is 12.0. The molecule has 2 heterocycles. The first kappa shape index (κ1) is 25.3. The second-order valence-electron chi connectivity index (χ2n) is 9.86. The first-order valence-electron chi connectivity index (χ1n) is 12.0. The van der Waals surface area contributed by atoms with E-state index < -0.39 is 36.1 Å². The minimum absolute atomic E-state index is 0.0846. The predicted octanol–water partition coefficient (Wildman–Crippen LogP) is 3.24. The van der Waals surface area contributed by atoms with Crippen molar-refractivity contribution in [2.24, 2.45) is 0 Å². The zero-order valence-electron chi connectivity index (χ0n) is 21.6. The number of benzene rings is 3. The largest absolute Gasteiger partial charge is 0.507 e. The van der Waals surface area contributed by atoms with Crippen LogP contribution in [0.4, 0.5) is 0 Å². The zero-order valence-corrected chi connectivity index (χ0v) is 21.6. The van der Waals surface area contributed by atoms with Gasteiger partial charge in [0.2, 0.25) is 0 Å². The number of aromatic hydroxyl groups is 1. The van der Waals surface area contributed by atoms with Crippen LogP contribution in [0.15, 0.2) is 39.5 Å². The SMILES string of the molecule is COc1cc2c(oc(=O)c3cc(C)cc(OC)c32)c2c(C3OC(C)C(O)C(N(C)C)C3O)ccc(O)c12. The second-order valence-corrected chi connectivity index (χ2v) is 9.86. The highest BCUT2D eigenvalue weighted by atomic mass is 16.5. The standard InChI is InChI=1S/C28H31NO8/c1-12-9-16-20(18(10-12)34-5)15-11-19(35-6)22-17(30)8-7-14(21(22)26(15)37-28(16)33)27-25(32)23(29(3)4)24(31)13(2)36-27/h7-11,13,23-25,27,30-32H,1-6H3. The Bertz CT molecular complexity index is 1580. The van der Waals surface area contributed by atoms with E-state index in [0.29, 0.717) is 44.0 Å². The number of phenolic OH excluding ortho intramolecular Hbond substituents is 1. The third kappa shape index (κ3) is 3.81. The molecule has 1 aliphatic rings. The lowest BCUT2D eigenvalue weighted by Gasteiger charge is -2.45. The van der Waals surface area contributed by atoms with Gasteiger partial charge in [-0.05, 0) is 63.3 Å². The molecule has 5 atom stereocenters. The molecule has 37 heavy (non-hydrogen) atoms. The first-order chi connectivity index (χ1) is 17.6. The molecule has 3 N–H and O–H groups in total. The third-order valence-electron chi connectivity index (χ3n) is 7.33. The molecule has 5 rings (SSSR count). The molecule has 196 valence electrons. The van der Waals surface area contributed by atoms with Crippen molar-refractivity contribution >= 4 is 32.5 Å². The highest BCUT2D eigenvalue weighted by Crippen LogP contribution is 2.47. The molecule has 1 fully saturated rings. The van der Waals surface area contributed by atoms with Gasteiger partial charge in [-0.25, -0.2) is 4.79 Å². The number of aliphatic hydroxyl groups is 2. The van der Waals surface area contributed by atoms with Gasteiger partial charge in [-0.1, -0.05) is 6.07 Å². The zero-order chi connectivity index (χ0) is 26.8. The van der Waals surface area contributed by atoms with Crippen LogP contribution in [0.25, 0.3) is 32.5 Å². The summed E-state index contributed by atoms with van der Waals surface area (Å²) in [5.41, 5.74) is 0.967. The highest BCUT2D eigenvalue weighted by molar-refractivity contribution is 6.19. The molecule has 5 unspecified atom stereocenters. The quantitative estimate of drug-likeness (QED) is 0.281. The molecule has 3 aromatic carbocycles. The van der Waals surface area contributed by atoms with Gasteiger partial charge in [-0.2, -0.15) is 0 Å². The molecule has 0 aliphatic carbocycles. The molecule has 1 saturated heterocycles. The van der Waals surface area contributed by atoms with Crippen LogP contribution in [-0.2, 0) is 4.74 Å². The fraction of sp³-hybridized carbons (Fsp3) is 0.393. The van der Waals surface area contributed by atoms with Crippen LogP contribution in [0.5, 0.6) is 17.2 Å². The summed E-state index contributed by atoms with van der Waals surface area (Å²) in [7, 11) is 6.57. The Morgan fingerprint density at radius 3 is 2.24 bits per heavy atom. The van der Waals surface area contributed by atoms with Crippen LogP contribution < -0.4 is 15.1 Å². The molecule has 0 bridgehead atoms. The molecule has 0 amide bonds. The van der Waals surface area contributed by atoms with Gasteiger partial charge in [-0.3, -0.25) is 0 Å². The summed E-state index contributed by atoms with van der Waals surface area (Å²) >= 11 is 0. The summed E-state index contributed by atoms with van der Waals surface area (Å²) in [6, 6.07) is 7.79. The van der Waals surface area contributed by atoms with E-state index in [1.54, 1.807) is 44.1 Å². The summed E-state index contributed by atoms with van der Waals surface area (Å²) in [6.45, 7) is 3.60. The number of rotatable bonds is 4. The van der Waals surface area contributed by atoms with Gasteiger partial charge in [0, 0.05) is 16.2 Å². The van der Waals surface area contributed by atoms with Gasteiger partial charge in [-0.15, -0.1) is 0 Å². The Morgan fingerprint density at radius 2 is 1.59 bits per heavy atom. The molecule has 0 saturated carbocycles. The number of fused-ring (bicyclic) bond motifs is 5. The number of hydrogen-bond acceptors (Lipinski definition) is 9. The predicted molar refractivity (Wildman–Crippen MR) is 140 cm³/mol. The van der Waals surface area contributed by atoms with E-state index in [2.05, 4.69) is 0 Å². The molecule has 4 aromatic rings. The lowest BCUT2D eigenvalue weighted by atomic mass is 9.86. The van der Waals surface area contributed by atoms with Gasteiger partial charge >= 0.3 is 5.63 Å². The van der Waals surface area contributed by atoms with Crippen molar-refractivity contribution in [1.82, 2.24) is 4.90 Å². The number of hydrogen-bond donors (Lipinski definition) is 3. The van der Waals surface area contributed by atoms with Crippen molar-refractivity contribution in [3.63, 3.8) is 0 Å². The van der Waals surface area contributed by atoms with E-state index in [4.69, 9.17) is 18.6 Å². The van der Waals surface area contributed by atoms with Crippen molar-refractivity contribution in [1.29, 1.82) is 0 Å². The normalized spacial score (nSPS) is 24.3. The molecule has 1 aromatic heterocycles. The Morgan fingerprint density at radius 1 is 0.919 bits per heavy atom. The smallest absolute Gasteiger partial charge is 0.344 e. The fourth-order valence-corrected chi connectivity index (χ4v) is 5.62. The minimum Gasteiger partial charge on any atom is -0.507 e. The maximum atomic E-state index is 13.2. The number of aliphatic hydroxyl groups excluding tert-OH is 2. The van der Waals surface area contributed by atoms with Gasteiger partial charge in [0.15, 0.2) is 0 Å². The summed E-state index contributed by atoms with van der Waals surface area (Å²) in [4.78, 5) is 15.0. The minimum atomic E-state index is -1.13. The molecular formula is C28H31NO8. The average Bonchev–Trinajstić information content (AvgIpc) is 2.86. The third-order valence-corrected chi connectivity index (χ3v) is 7.33. The van der Waals surface area contributed by atoms with E-state index in [-0.39, 0.29) is 11.3 Å². The van der Waals surface area contributed by atoms with Crippen molar-refractivity contribution in [3.8, 4) is 17.2 Å². The summed E-state index contributed by atoms with van der Waals surface area (Å²) < 4.78 is 23.4. The van der Waals surface area contributed by atoms with Crippen LogP contribution in [0.3, 0.4) is 0 Å². The molecule has 9 nitrogen and oxygen atoms in total. The Balaban J connectivity index is 1.94. The Hall–Kier alpha value is -3.37. The van der Waals surface area contributed by atoms with Crippen molar-refractivity contribution in [3.05, 3.63) is 51.9 Å². The number of ether oxygens (including phenoxy) is 3. The van der Waals surface area contributed by atoms with E-state index in [1.165, 1.54) is 20.3 Å².